The summed E-state index contributed by atoms with van der Waals surface area (Å²) >= 11 is 0. The van der Waals surface area contributed by atoms with E-state index in [9.17, 15) is 4.79 Å². The third-order valence-electron chi connectivity index (χ3n) is 2.17. The van der Waals surface area contributed by atoms with Crippen LogP contribution >= 0.6 is 0 Å². The van der Waals surface area contributed by atoms with Gasteiger partial charge in [0.05, 0.1) is 18.5 Å². The monoisotopic (exact) mass is 217 g/mol. The number of benzene rings is 1. The largest absolute Gasteiger partial charge is 0.354 e. The molecule has 4 heteroatoms. The maximum Gasteiger partial charge on any atom is 0.237 e. The molecule has 1 amide bonds. The fourth-order valence-electron chi connectivity index (χ4n) is 1.33. The summed E-state index contributed by atoms with van der Waals surface area (Å²) in [6.07, 6.45) is 0.822. The van der Waals surface area contributed by atoms with E-state index < -0.39 is 6.04 Å². The van der Waals surface area contributed by atoms with Crippen molar-refractivity contribution in [2.24, 2.45) is 5.73 Å². The fourth-order valence-corrected chi connectivity index (χ4v) is 1.33. The predicted molar refractivity (Wildman–Crippen MR) is 61.4 cm³/mol. The Balaban J connectivity index is 2.38. The van der Waals surface area contributed by atoms with Gasteiger partial charge >= 0.3 is 0 Å². The van der Waals surface area contributed by atoms with Crippen molar-refractivity contribution in [3.05, 3.63) is 35.9 Å². The van der Waals surface area contributed by atoms with Gasteiger partial charge in [0.2, 0.25) is 5.91 Å². The third-order valence-corrected chi connectivity index (χ3v) is 2.17. The molecular weight excluding hydrogens is 202 g/mol. The lowest BCUT2D eigenvalue weighted by Crippen LogP contribution is -2.42. The molecule has 0 radical (unpaired) electrons. The number of hydrogen-bond donors (Lipinski definition) is 2. The van der Waals surface area contributed by atoms with Crippen molar-refractivity contribution in [1.29, 1.82) is 5.26 Å². The van der Waals surface area contributed by atoms with Crippen LogP contribution in [0.2, 0.25) is 0 Å². The molecule has 1 aromatic rings. The van der Waals surface area contributed by atoms with E-state index >= 15 is 0 Å². The van der Waals surface area contributed by atoms with Crippen molar-refractivity contribution in [2.45, 2.75) is 18.9 Å². The molecule has 1 unspecified atom stereocenters. The number of hydrogen-bond acceptors (Lipinski definition) is 3. The molecule has 0 aliphatic heterocycles. The molecule has 0 fully saturated rings. The van der Waals surface area contributed by atoms with Crippen LogP contribution in [0.1, 0.15) is 12.0 Å². The van der Waals surface area contributed by atoms with Crippen LogP contribution in [0.4, 0.5) is 0 Å². The minimum absolute atomic E-state index is 0.209. The summed E-state index contributed by atoms with van der Waals surface area (Å²) in [6, 6.07) is 11.0. The molecule has 3 N–H and O–H groups in total. The molecule has 0 saturated heterocycles. The van der Waals surface area contributed by atoms with Crippen LogP contribution in [-0.4, -0.2) is 18.5 Å². The van der Waals surface area contributed by atoms with Crippen molar-refractivity contribution in [3.63, 3.8) is 0 Å². The number of nitrogens with two attached hydrogens (primary N) is 1. The van der Waals surface area contributed by atoms with Crippen LogP contribution < -0.4 is 11.1 Å². The predicted octanol–water partition coefficient (Wildman–Crippen LogP) is 0.586. The van der Waals surface area contributed by atoms with Crippen molar-refractivity contribution in [3.8, 4) is 6.07 Å². The van der Waals surface area contributed by atoms with Crippen LogP contribution in [0, 0.1) is 11.3 Å². The van der Waals surface area contributed by atoms with Crippen molar-refractivity contribution >= 4 is 5.91 Å². The second kappa shape index (κ2) is 6.59. The molecule has 0 aliphatic rings. The molecule has 0 saturated carbocycles. The van der Waals surface area contributed by atoms with Crippen LogP contribution in [0.15, 0.2) is 30.3 Å². The Bertz CT molecular complexity index is 370. The summed E-state index contributed by atoms with van der Waals surface area (Å²) < 4.78 is 0. The summed E-state index contributed by atoms with van der Waals surface area (Å²) in [6.45, 7) is 0.359. The van der Waals surface area contributed by atoms with Crippen LogP contribution in [0.3, 0.4) is 0 Å². The first-order valence-electron chi connectivity index (χ1n) is 5.18. The third kappa shape index (κ3) is 4.11. The van der Waals surface area contributed by atoms with E-state index in [4.69, 9.17) is 11.0 Å². The maximum atomic E-state index is 11.5. The fraction of sp³-hybridized carbons (Fsp3) is 0.333. The summed E-state index contributed by atoms with van der Waals surface area (Å²) in [5, 5.41) is 10.9. The number of carbonyl (C=O) groups excluding carboxylic acids is 1. The Morgan fingerprint density at radius 3 is 2.75 bits per heavy atom. The normalized spacial score (nSPS) is 11.5. The lowest BCUT2D eigenvalue weighted by atomic mass is 10.1. The van der Waals surface area contributed by atoms with Crippen LogP contribution in [-0.2, 0) is 11.2 Å². The Morgan fingerprint density at radius 1 is 1.44 bits per heavy atom. The van der Waals surface area contributed by atoms with Gasteiger partial charge in [-0.2, -0.15) is 5.26 Å². The average molecular weight is 217 g/mol. The lowest BCUT2D eigenvalue weighted by Gasteiger charge is -2.11. The van der Waals surface area contributed by atoms with Crippen molar-refractivity contribution in [2.75, 3.05) is 6.54 Å². The first-order valence-corrected chi connectivity index (χ1v) is 5.18. The van der Waals surface area contributed by atoms with Gasteiger partial charge in [-0.15, -0.1) is 0 Å². The molecule has 0 heterocycles. The zero-order valence-corrected chi connectivity index (χ0v) is 9.02. The molecule has 16 heavy (non-hydrogen) atoms. The quantitative estimate of drug-likeness (QED) is 0.708. The van der Waals surface area contributed by atoms with Gasteiger partial charge < -0.3 is 11.1 Å². The summed E-state index contributed by atoms with van der Waals surface area (Å²) in [5.41, 5.74) is 6.77. The Labute approximate surface area is 95.1 Å². The standard InChI is InChI=1S/C12H15N3O/c13-7-4-8-15-12(16)11(14)9-10-5-2-1-3-6-10/h1-3,5-6,11H,4,8-9,14H2,(H,15,16). The summed E-state index contributed by atoms with van der Waals surface area (Å²) in [7, 11) is 0. The number of nitrogens with zero attached hydrogens (tertiary/aromatic N) is 1. The Kier molecular flexibility index (Phi) is 5.03. The first kappa shape index (κ1) is 12.2. The molecule has 0 bridgehead atoms. The SMILES string of the molecule is N#CCCNC(=O)C(N)Cc1ccccc1. The highest BCUT2D eigenvalue weighted by Crippen LogP contribution is 2.01. The van der Waals surface area contributed by atoms with Gasteiger partial charge in [-0.05, 0) is 12.0 Å². The highest BCUT2D eigenvalue weighted by atomic mass is 16.2. The van der Waals surface area contributed by atoms with Gasteiger partial charge in [0.1, 0.15) is 0 Å². The topological polar surface area (TPSA) is 78.9 Å². The van der Waals surface area contributed by atoms with E-state index in [0.29, 0.717) is 19.4 Å². The number of carbonyl (C=O) groups is 1. The lowest BCUT2D eigenvalue weighted by molar-refractivity contribution is -0.122. The number of amides is 1. The number of nitriles is 1. The van der Waals surface area contributed by atoms with E-state index in [2.05, 4.69) is 5.32 Å². The zero-order chi connectivity index (χ0) is 11.8. The van der Waals surface area contributed by atoms with Gasteiger partial charge in [0.15, 0.2) is 0 Å². The highest BCUT2D eigenvalue weighted by molar-refractivity contribution is 5.81. The smallest absolute Gasteiger partial charge is 0.237 e. The minimum Gasteiger partial charge on any atom is -0.354 e. The summed E-state index contributed by atoms with van der Waals surface area (Å²) in [4.78, 5) is 11.5. The van der Waals surface area contributed by atoms with Crippen molar-refractivity contribution in [1.82, 2.24) is 5.32 Å². The maximum absolute atomic E-state index is 11.5. The minimum atomic E-state index is -0.555. The van der Waals surface area contributed by atoms with E-state index in [1.165, 1.54) is 0 Å². The van der Waals surface area contributed by atoms with Gasteiger partial charge in [-0.1, -0.05) is 30.3 Å². The Hall–Kier alpha value is -1.86. The van der Waals surface area contributed by atoms with Gasteiger partial charge in [0, 0.05) is 6.54 Å². The second-order valence-corrected chi connectivity index (χ2v) is 3.50. The molecule has 84 valence electrons. The first-order chi connectivity index (χ1) is 7.74. The van der Waals surface area contributed by atoms with E-state index in [-0.39, 0.29) is 5.91 Å². The number of nitrogens with one attached hydrogen (secondary N) is 1. The molecule has 0 spiro atoms. The molecule has 1 aromatic carbocycles. The summed E-state index contributed by atoms with van der Waals surface area (Å²) in [5.74, 6) is -0.209. The molecule has 0 aliphatic carbocycles. The van der Waals surface area contributed by atoms with Crippen molar-refractivity contribution < 1.29 is 4.79 Å². The van der Waals surface area contributed by atoms with E-state index in [1.807, 2.05) is 36.4 Å². The number of rotatable bonds is 5. The molecule has 1 atom stereocenters. The van der Waals surface area contributed by atoms with E-state index in [0.717, 1.165) is 5.56 Å². The van der Waals surface area contributed by atoms with Gasteiger partial charge in [0.25, 0.3) is 0 Å². The van der Waals surface area contributed by atoms with Gasteiger partial charge in [-0.3, -0.25) is 4.79 Å². The molecule has 1 rings (SSSR count). The highest BCUT2D eigenvalue weighted by Gasteiger charge is 2.12. The Morgan fingerprint density at radius 2 is 2.12 bits per heavy atom. The molecular formula is C12H15N3O. The molecule has 4 nitrogen and oxygen atoms in total. The average Bonchev–Trinajstić information content (AvgIpc) is 2.30. The van der Waals surface area contributed by atoms with Gasteiger partial charge in [-0.25, -0.2) is 0 Å². The van der Waals surface area contributed by atoms with Crippen LogP contribution in [0.25, 0.3) is 0 Å². The van der Waals surface area contributed by atoms with Crippen LogP contribution in [0.5, 0.6) is 0 Å². The van der Waals surface area contributed by atoms with E-state index in [1.54, 1.807) is 0 Å². The zero-order valence-electron chi connectivity index (χ0n) is 9.02. The second-order valence-electron chi connectivity index (χ2n) is 3.50. The molecule has 0 aromatic heterocycles.